The lowest BCUT2D eigenvalue weighted by atomic mass is 10.0. The molecule has 30 heavy (non-hydrogen) atoms. The third-order valence-corrected chi connectivity index (χ3v) is 4.81. The van der Waals surface area contributed by atoms with Gasteiger partial charge in [-0.15, -0.1) is 0 Å². The van der Waals surface area contributed by atoms with Gasteiger partial charge in [0.1, 0.15) is 0 Å². The van der Waals surface area contributed by atoms with E-state index in [9.17, 15) is 4.79 Å². The molecule has 0 saturated carbocycles. The van der Waals surface area contributed by atoms with E-state index in [1.165, 1.54) is 5.56 Å². The molecule has 0 bridgehead atoms. The van der Waals surface area contributed by atoms with Crippen LogP contribution in [0.5, 0.6) is 11.5 Å². The Morgan fingerprint density at radius 2 is 1.80 bits per heavy atom. The number of nitrogens with zero attached hydrogens (tertiary/aromatic N) is 2. The summed E-state index contributed by atoms with van der Waals surface area (Å²) in [5.74, 6) is 2.64. The summed E-state index contributed by atoms with van der Waals surface area (Å²) in [5.41, 5.74) is 3.08. The van der Waals surface area contributed by atoms with E-state index < -0.39 is 0 Å². The molecule has 7 heteroatoms. The van der Waals surface area contributed by atoms with Crippen LogP contribution in [-0.2, 0) is 17.8 Å². The van der Waals surface area contributed by atoms with Crippen LogP contribution in [0.2, 0.25) is 0 Å². The number of aromatic nitrogens is 2. The van der Waals surface area contributed by atoms with Crippen molar-refractivity contribution in [3.8, 4) is 22.9 Å². The number of amides is 1. The van der Waals surface area contributed by atoms with Crippen LogP contribution in [0.15, 0.2) is 47.0 Å². The first-order chi connectivity index (χ1) is 14.5. The number of nitrogens with one attached hydrogen (secondary N) is 1. The third-order valence-electron chi connectivity index (χ3n) is 4.81. The largest absolute Gasteiger partial charge is 0.493 e. The van der Waals surface area contributed by atoms with Crippen LogP contribution >= 0.6 is 0 Å². The molecule has 7 nitrogen and oxygen atoms in total. The zero-order valence-corrected chi connectivity index (χ0v) is 17.8. The van der Waals surface area contributed by atoms with Crippen LogP contribution in [0.3, 0.4) is 0 Å². The molecule has 2 aromatic carbocycles. The molecular formula is C23H27N3O4. The van der Waals surface area contributed by atoms with E-state index in [2.05, 4.69) is 41.4 Å². The van der Waals surface area contributed by atoms with E-state index in [4.69, 9.17) is 14.0 Å². The normalized spacial score (nSPS) is 10.8. The Balaban J connectivity index is 1.50. The Morgan fingerprint density at radius 3 is 2.47 bits per heavy atom. The van der Waals surface area contributed by atoms with Gasteiger partial charge in [0.15, 0.2) is 11.5 Å². The zero-order chi connectivity index (χ0) is 21.5. The van der Waals surface area contributed by atoms with E-state index in [0.29, 0.717) is 42.1 Å². The average molecular weight is 409 g/mol. The predicted molar refractivity (Wildman–Crippen MR) is 114 cm³/mol. The maximum atomic E-state index is 12.2. The summed E-state index contributed by atoms with van der Waals surface area (Å²) >= 11 is 0. The Kier molecular flexibility index (Phi) is 7.06. The summed E-state index contributed by atoms with van der Waals surface area (Å²) in [6.07, 6.45) is 0.649. The third kappa shape index (κ3) is 5.37. The average Bonchev–Trinajstić information content (AvgIpc) is 3.25. The maximum Gasteiger partial charge on any atom is 0.227 e. The van der Waals surface area contributed by atoms with Crippen molar-refractivity contribution < 1.29 is 18.8 Å². The van der Waals surface area contributed by atoms with Crippen molar-refractivity contribution in [2.75, 3.05) is 14.2 Å². The lowest BCUT2D eigenvalue weighted by molar-refractivity contribution is -0.121. The highest BCUT2D eigenvalue weighted by atomic mass is 16.5. The molecule has 3 rings (SSSR count). The molecule has 0 radical (unpaired) electrons. The standard InChI is InChI=1S/C23H27N3O4/c1-15(2)17-6-8-18(9-7-17)23-25-22(30-26-23)12-11-21(27)24-14-16-5-10-19(28-3)20(13-16)29-4/h5-10,13,15H,11-12,14H2,1-4H3,(H,24,27). The van der Waals surface area contributed by atoms with Crippen LogP contribution < -0.4 is 14.8 Å². The fourth-order valence-electron chi connectivity index (χ4n) is 2.99. The summed E-state index contributed by atoms with van der Waals surface area (Å²) in [7, 11) is 3.17. The second-order valence-corrected chi connectivity index (χ2v) is 7.25. The Labute approximate surface area is 176 Å². The van der Waals surface area contributed by atoms with Crippen molar-refractivity contribution in [1.29, 1.82) is 0 Å². The van der Waals surface area contributed by atoms with Crippen molar-refractivity contribution in [3.63, 3.8) is 0 Å². The second-order valence-electron chi connectivity index (χ2n) is 7.25. The summed E-state index contributed by atoms with van der Waals surface area (Å²) in [4.78, 5) is 16.6. The number of methoxy groups -OCH3 is 2. The number of ether oxygens (including phenoxy) is 2. The Morgan fingerprint density at radius 1 is 1.07 bits per heavy atom. The highest BCUT2D eigenvalue weighted by Gasteiger charge is 2.12. The molecule has 1 amide bonds. The number of aryl methyl sites for hydroxylation is 1. The smallest absolute Gasteiger partial charge is 0.227 e. The van der Waals surface area contributed by atoms with Gasteiger partial charge in [0.05, 0.1) is 14.2 Å². The van der Waals surface area contributed by atoms with Gasteiger partial charge in [0.25, 0.3) is 0 Å². The molecule has 3 aromatic rings. The summed E-state index contributed by atoms with van der Waals surface area (Å²) in [6.45, 7) is 4.70. The first-order valence-electron chi connectivity index (χ1n) is 9.90. The molecule has 0 atom stereocenters. The quantitative estimate of drug-likeness (QED) is 0.572. The van der Waals surface area contributed by atoms with Crippen molar-refractivity contribution >= 4 is 5.91 Å². The van der Waals surface area contributed by atoms with Crippen LogP contribution in [0.1, 0.15) is 43.2 Å². The van der Waals surface area contributed by atoms with Crippen LogP contribution in [-0.4, -0.2) is 30.3 Å². The molecule has 0 aliphatic carbocycles. The molecule has 0 aliphatic rings. The fourth-order valence-corrected chi connectivity index (χ4v) is 2.99. The Bertz CT molecular complexity index is 980. The van der Waals surface area contributed by atoms with Crippen LogP contribution in [0.4, 0.5) is 0 Å². The van der Waals surface area contributed by atoms with Crippen LogP contribution in [0.25, 0.3) is 11.4 Å². The summed E-state index contributed by atoms with van der Waals surface area (Å²) in [6, 6.07) is 13.6. The van der Waals surface area contributed by atoms with Gasteiger partial charge in [-0.1, -0.05) is 49.3 Å². The topological polar surface area (TPSA) is 86.5 Å². The molecule has 1 heterocycles. The minimum absolute atomic E-state index is 0.0918. The minimum Gasteiger partial charge on any atom is -0.493 e. The van der Waals surface area contributed by atoms with Crippen molar-refractivity contribution in [3.05, 3.63) is 59.5 Å². The maximum absolute atomic E-state index is 12.2. The lowest BCUT2D eigenvalue weighted by Crippen LogP contribution is -2.23. The zero-order valence-electron chi connectivity index (χ0n) is 17.8. The molecular weight excluding hydrogens is 382 g/mol. The monoisotopic (exact) mass is 409 g/mol. The number of hydrogen-bond acceptors (Lipinski definition) is 6. The van der Waals surface area contributed by atoms with Crippen molar-refractivity contribution in [1.82, 2.24) is 15.5 Å². The predicted octanol–water partition coefficient (Wildman–Crippen LogP) is 4.13. The van der Waals surface area contributed by atoms with E-state index >= 15 is 0 Å². The van der Waals surface area contributed by atoms with E-state index in [1.807, 2.05) is 30.3 Å². The van der Waals surface area contributed by atoms with Gasteiger partial charge in [-0.25, -0.2) is 0 Å². The molecule has 1 N–H and O–H groups in total. The van der Waals surface area contributed by atoms with Gasteiger partial charge in [-0.2, -0.15) is 4.98 Å². The van der Waals surface area contributed by atoms with Gasteiger partial charge in [0, 0.05) is 24.9 Å². The number of carbonyl (C=O) groups is 1. The first-order valence-corrected chi connectivity index (χ1v) is 9.90. The molecule has 0 unspecified atom stereocenters. The van der Waals surface area contributed by atoms with E-state index in [0.717, 1.165) is 11.1 Å². The summed E-state index contributed by atoms with van der Waals surface area (Å²) in [5, 5.41) is 6.91. The fraction of sp³-hybridized carbons (Fsp3) is 0.348. The van der Waals surface area contributed by atoms with Gasteiger partial charge < -0.3 is 19.3 Å². The highest BCUT2D eigenvalue weighted by Crippen LogP contribution is 2.27. The van der Waals surface area contributed by atoms with Gasteiger partial charge in [-0.05, 0) is 29.2 Å². The number of benzene rings is 2. The van der Waals surface area contributed by atoms with Crippen molar-refractivity contribution in [2.24, 2.45) is 0 Å². The summed E-state index contributed by atoms with van der Waals surface area (Å²) < 4.78 is 15.8. The number of rotatable bonds is 9. The molecule has 0 saturated heterocycles. The second kappa shape index (κ2) is 9.91. The Hall–Kier alpha value is -3.35. The van der Waals surface area contributed by atoms with Gasteiger partial charge in [0.2, 0.25) is 17.6 Å². The molecule has 0 spiro atoms. The highest BCUT2D eigenvalue weighted by molar-refractivity contribution is 5.76. The molecule has 1 aromatic heterocycles. The minimum atomic E-state index is -0.0918. The van der Waals surface area contributed by atoms with Gasteiger partial charge in [-0.3, -0.25) is 4.79 Å². The van der Waals surface area contributed by atoms with Crippen molar-refractivity contribution in [2.45, 2.75) is 39.2 Å². The van der Waals surface area contributed by atoms with Gasteiger partial charge >= 0.3 is 0 Å². The van der Waals surface area contributed by atoms with E-state index in [1.54, 1.807) is 14.2 Å². The molecule has 0 fully saturated rings. The lowest BCUT2D eigenvalue weighted by Gasteiger charge is -2.10. The molecule has 158 valence electrons. The SMILES string of the molecule is COc1ccc(CNC(=O)CCc2nc(-c3ccc(C(C)C)cc3)no2)cc1OC. The van der Waals surface area contributed by atoms with E-state index in [-0.39, 0.29) is 12.3 Å². The number of carbonyl (C=O) groups excluding carboxylic acids is 1. The number of hydrogen-bond donors (Lipinski definition) is 1. The molecule has 0 aliphatic heterocycles. The first kappa shape index (κ1) is 21.4. The van der Waals surface area contributed by atoms with Crippen LogP contribution in [0, 0.1) is 0 Å².